The molecule has 0 unspecified atom stereocenters. The summed E-state index contributed by atoms with van der Waals surface area (Å²) >= 11 is 5.79. The third kappa shape index (κ3) is 2.34. The van der Waals surface area contributed by atoms with Crippen molar-refractivity contribution >= 4 is 17.4 Å². The highest BCUT2D eigenvalue weighted by Gasteiger charge is 2.19. The fraction of sp³-hybridized carbons (Fsp3) is 0.182. The molecule has 0 saturated heterocycles. The molecule has 0 aliphatic heterocycles. The van der Waals surface area contributed by atoms with Crippen molar-refractivity contribution in [2.24, 2.45) is 5.92 Å². The smallest absolute Gasteiger partial charge is 0.195 e. The Bertz CT molecular complexity index is 468. The van der Waals surface area contributed by atoms with Gasteiger partial charge in [0.15, 0.2) is 11.7 Å². The predicted octanol–water partition coefficient (Wildman–Crippen LogP) is 2.49. The van der Waals surface area contributed by atoms with Crippen molar-refractivity contribution in [3.63, 3.8) is 0 Å². The summed E-state index contributed by atoms with van der Waals surface area (Å²) < 4.78 is 0. The van der Waals surface area contributed by atoms with Gasteiger partial charge in [-0.2, -0.15) is 10.5 Å². The number of carbonyl (C=O) groups is 1. The van der Waals surface area contributed by atoms with Crippen LogP contribution in [0.1, 0.15) is 15.9 Å². The van der Waals surface area contributed by atoms with E-state index in [4.69, 9.17) is 22.1 Å². The monoisotopic (exact) mass is 218 g/mol. The van der Waals surface area contributed by atoms with Gasteiger partial charge in [0.1, 0.15) is 0 Å². The molecule has 0 spiro atoms. The van der Waals surface area contributed by atoms with E-state index in [0.717, 1.165) is 5.56 Å². The molecule has 3 nitrogen and oxygen atoms in total. The lowest BCUT2D eigenvalue weighted by molar-refractivity contribution is 0.0971. The molecule has 1 rings (SSSR count). The molecule has 0 bridgehead atoms. The second-order valence-corrected chi connectivity index (χ2v) is 3.43. The van der Waals surface area contributed by atoms with E-state index in [1.54, 1.807) is 31.2 Å². The zero-order valence-corrected chi connectivity index (χ0v) is 8.75. The maximum Gasteiger partial charge on any atom is 0.195 e. The van der Waals surface area contributed by atoms with E-state index < -0.39 is 11.7 Å². The highest BCUT2D eigenvalue weighted by Crippen LogP contribution is 2.18. The van der Waals surface area contributed by atoms with Gasteiger partial charge in [-0.3, -0.25) is 4.79 Å². The molecule has 0 aliphatic carbocycles. The van der Waals surface area contributed by atoms with E-state index in [1.807, 2.05) is 0 Å². The average Bonchev–Trinajstić information content (AvgIpc) is 2.23. The van der Waals surface area contributed by atoms with Crippen molar-refractivity contribution in [3.05, 3.63) is 34.3 Å². The number of nitriles is 2. The van der Waals surface area contributed by atoms with Crippen LogP contribution in [0.4, 0.5) is 0 Å². The van der Waals surface area contributed by atoms with Crippen LogP contribution in [0.3, 0.4) is 0 Å². The lowest BCUT2D eigenvalue weighted by Gasteiger charge is -2.02. The zero-order chi connectivity index (χ0) is 11.4. The molecule has 0 heterocycles. The van der Waals surface area contributed by atoms with E-state index in [9.17, 15) is 4.79 Å². The Hall–Kier alpha value is -1.84. The fourth-order valence-electron chi connectivity index (χ4n) is 1.11. The third-order valence-electron chi connectivity index (χ3n) is 1.96. The van der Waals surface area contributed by atoms with Gasteiger partial charge >= 0.3 is 0 Å². The molecule has 1 aromatic carbocycles. The molecule has 0 fully saturated rings. The second kappa shape index (κ2) is 4.59. The number of carbonyl (C=O) groups excluding carboxylic acids is 1. The van der Waals surface area contributed by atoms with Crippen LogP contribution in [-0.2, 0) is 0 Å². The van der Waals surface area contributed by atoms with Gasteiger partial charge in [0.05, 0.1) is 12.1 Å². The van der Waals surface area contributed by atoms with Gasteiger partial charge in [0, 0.05) is 10.6 Å². The minimum Gasteiger partial charge on any atom is -0.291 e. The SMILES string of the molecule is Cc1cc(C(=O)C(C#N)C#N)ccc1Cl. The van der Waals surface area contributed by atoms with Crippen molar-refractivity contribution in [2.75, 3.05) is 0 Å². The summed E-state index contributed by atoms with van der Waals surface area (Å²) in [6.07, 6.45) is 0. The van der Waals surface area contributed by atoms with Crippen LogP contribution >= 0.6 is 11.6 Å². The first-order valence-electron chi connectivity index (χ1n) is 4.19. The molecule has 15 heavy (non-hydrogen) atoms. The maximum atomic E-state index is 11.6. The highest BCUT2D eigenvalue weighted by molar-refractivity contribution is 6.31. The van der Waals surface area contributed by atoms with Gasteiger partial charge in [0.2, 0.25) is 0 Å². The van der Waals surface area contributed by atoms with E-state index in [0.29, 0.717) is 10.6 Å². The summed E-state index contributed by atoms with van der Waals surface area (Å²) in [5.74, 6) is -1.73. The molecule has 0 N–H and O–H groups in total. The Morgan fingerprint density at radius 3 is 2.47 bits per heavy atom. The minimum atomic E-state index is -1.24. The lowest BCUT2D eigenvalue weighted by Crippen LogP contribution is -2.10. The fourth-order valence-corrected chi connectivity index (χ4v) is 1.23. The van der Waals surface area contributed by atoms with E-state index in [-0.39, 0.29) is 0 Å². The van der Waals surface area contributed by atoms with Crippen molar-refractivity contribution in [1.29, 1.82) is 10.5 Å². The number of halogens is 1. The first kappa shape index (κ1) is 11.2. The van der Waals surface area contributed by atoms with Crippen molar-refractivity contribution in [2.45, 2.75) is 6.92 Å². The van der Waals surface area contributed by atoms with Crippen LogP contribution in [0.5, 0.6) is 0 Å². The molecule has 0 aliphatic rings. The third-order valence-corrected chi connectivity index (χ3v) is 2.39. The minimum absolute atomic E-state index is 0.338. The van der Waals surface area contributed by atoms with Crippen LogP contribution in [-0.4, -0.2) is 5.78 Å². The zero-order valence-electron chi connectivity index (χ0n) is 7.99. The molecule has 0 aromatic heterocycles. The first-order valence-corrected chi connectivity index (χ1v) is 4.57. The molecule has 74 valence electrons. The van der Waals surface area contributed by atoms with Gasteiger partial charge in [-0.25, -0.2) is 0 Å². The van der Waals surface area contributed by atoms with Gasteiger partial charge in [-0.15, -0.1) is 0 Å². The summed E-state index contributed by atoms with van der Waals surface area (Å²) in [6.45, 7) is 1.76. The van der Waals surface area contributed by atoms with Gasteiger partial charge in [-0.1, -0.05) is 11.6 Å². The summed E-state index contributed by atoms with van der Waals surface area (Å²) in [7, 11) is 0. The van der Waals surface area contributed by atoms with E-state index >= 15 is 0 Å². The molecule has 0 saturated carbocycles. The molecule has 1 aromatic rings. The Morgan fingerprint density at radius 2 is 2.00 bits per heavy atom. The Morgan fingerprint density at radius 1 is 1.40 bits per heavy atom. The Kier molecular flexibility index (Phi) is 3.44. The summed E-state index contributed by atoms with van der Waals surface area (Å²) in [6, 6.07) is 7.95. The number of hydrogen-bond acceptors (Lipinski definition) is 3. The molecule has 0 radical (unpaired) electrons. The van der Waals surface area contributed by atoms with Crippen LogP contribution in [0.25, 0.3) is 0 Å². The van der Waals surface area contributed by atoms with Crippen LogP contribution < -0.4 is 0 Å². The maximum absolute atomic E-state index is 11.6. The van der Waals surface area contributed by atoms with Crippen LogP contribution in [0.2, 0.25) is 5.02 Å². The number of hydrogen-bond donors (Lipinski definition) is 0. The normalized spacial score (nSPS) is 9.40. The number of aryl methyl sites for hydroxylation is 1. The molecule has 0 amide bonds. The van der Waals surface area contributed by atoms with Crippen LogP contribution in [0, 0.1) is 35.5 Å². The van der Waals surface area contributed by atoms with Crippen LogP contribution in [0.15, 0.2) is 18.2 Å². The summed E-state index contributed by atoms with van der Waals surface area (Å²) in [4.78, 5) is 11.6. The lowest BCUT2D eigenvalue weighted by atomic mass is 9.99. The van der Waals surface area contributed by atoms with Crippen molar-refractivity contribution in [1.82, 2.24) is 0 Å². The summed E-state index contributed by atoms with van der Waals surface area (Å²) in [5, 5.41) is 17.7. The van der Waals surface area contributed by atoms with Crippen molar-refractivity contribution in [3.8, 4) is 12.1 Å². The number of nitrogens with zero attached hydrogens (tertiary/aromatic N) is 2. The number of Topliss-reactive ketones (excluding diaryl/α,β-unsaturated/α-hetero) is 1. The molecule has 0 atom stereocenters. The predicted molar refractivity (Wildman–Crippen MR) is 55.2 cm³/mol. The van der Waals surface area contributed by atoms with Gasteiger partial charge in [-0.05, 0) is 30.7 Å². The van der Waals surface area contributed by atoms with Gasteiger partial charge < -0.3 is 0 Å². The average molecular weight is 219 g/mol. The first-order chi connectivity index (χ1) is 7.10. The van der Waals surface area contributed by atoms with E-state index in [2.05, 4.69) is 0 Å². The molecular formula is C11H7ClN2O. The molecular weight excluding hydrogens is 212 g/mol. The van der Waals surface area contributed by atoms with Gasteiger partial charge in [0.25, 0.3) is 0 Å². The standard InChI is InChI=1S/C11H7ClN2O/c1-7-4-8(2-3-10(7)12)11(15)9(5-13)6-14/h2-4,9H,1H3. The quantitative estimate of drug-likeness (QED) is 0.717. The van der Waals surface area contributed by atoms with Crippen molar-refractivity contribution < 1.29 is 4.79 Å². The van der Waals surface area contributed by atoms with E-state index in [1.165, 1.54) is 6.07 Å². The number of benzene rings is 1. The highest BCUT2D eigenvalue weighted by atomic mass is 35.5. The number of rotatable bonds is 2. The Labute approximate surface area is 92.5 Å². The largest absolute Gasteiger partial charge is 0.291 e. The Balaban J connectivity index is 3.09. The topological polar surface area (TPSA) is 64.7 Å². The molecule has 4 heteroatoms. The second-order valence-electron chi connectivity index (χ2n) is 3.02. The number of ketones is 1. The summed E-state index contributed by atoms with van der Waals surface area (Å²) in [5.41, 5.74) is 1.09.